The molecule has 0 saturated heterocycles. The first-order chi connectivity index (χ1) is 12.3. The van der Waals surface area contributed by atoms with E-state index in [1.54, 1.807) is 0 Å². The second-order valence-corrected chi connectivity index (χ2v) is 8.44. The molecule has 26 heavy (non-hydrogen) atoms. The van der Waals surface area contributed by atoms with E-state index in [2.05, 4.69) is 34.4 Å². The Kier molecular flexibility index (Phi) is 3.86. The zero-order valence-corrected chi connectivity index (χ0v) is 15.7. The first kappa shape index (κ1) is 17.1. The van der Waals surface area contributed by atoms with Crippen molar-refractivity contribution in [3.8, 4) is 0 Å². The van der Waals surface area contributed by atoms with Crippen molar-refractivity contribution in [2.45, 2.75) is 52.0 Å². The minimum atomic E-state index is -0.266. The summed E-state index contributed by atoms with van der Waals surface area (Å²) in [6, 6.07) is 0.250. The lowest BCUT2D eigenvalue weighted by Crippen LogP contribution is -2.45. The third-order valence-electron chi connectivity index (χ3n) is 6.34. The van der Waals surface area contributed by atoms with E-state index >= 15 is 0 Å². The third-order valence-corrected chi connectivity index (χ3v) is 6.34. The lowest BCUT2D eigenvalue weighted by molar-refractivity contribution is -0.119. The van der Waals surface area contributed by atoms with Crippen LogP contribution < -0.4 is 16.4 Å². The normalized spacial score (nSPS) is 33.8. The van der Waals surface area contributed by atoms with Gasteiger partial charge in [0.25, 0.3) is 11.8 Å². The van der Waals surface area contributed by atoms with E-state index in [0.717, 1.165) is 30.4 Å². The zero-order chi connectivity index (χ0) is 18.6. The first-order valence-electron chi connectivity index (χ1n) is 9.45. The molecule has 4 N–H and O–H groups in total. The quantitative estimate of drug-likeness (QED) is 0.563. The minimum absolute atomic E-state index is 0.0441. The van der Waals surface area contributed by atoms with Crippen LogP contribution in [0.15, 0.2) is 27.5 Å². The van der Waals surface area contributed by atoms with Gasteiger partial charge in [-0.2, -0.15) is 0 Å². The highest BCUT2D eigenvalue weighted by atomic mass is 16.2. The molecule has 0 radical (unpaired) electrons. The van der Waals surface area contributed by atoms with Gasteiger partial charge in [-0.25, -0.2) is 4.99 Å². The van der Waals surface area contributed by atoms with Crippen LogP contribution in [0.5, 0.6) is 0 Å². The van der Waals surface area contributed by atoms with Gasteiger partial charge in [0.1, 0.15) is 11.4 Å². The summed E-state index contributed by atoms with van der Waals surface area (Å²) in [5, 5.41) is 5.57. The summed E-state index contributed by atoms with van der Waals surface area (Å²) >= 11 is 0. The molecule has 2 atom stereocenters. The molecule has 4 aliphatic rings. The maximum atomic E-state index is 12.9. The number of nitrogens with zero attached hydrogens (tertiary/aromatic N) is 2. The highest BCUT2D eigenvalue weighted by Crippen LogP contribution is 2.51. The number of carbonyl (C=O) groups excluding carboxylic acids is 2. The number of carbonyl (C=O) groups is 2. The van der Waals surface area contributed by atoms with E-state index in [4.69, 9.17) is 5.73 Å². The molecule has 0 spiro atoms. The molecule has 7 heteroatoms. The number of nitrogens with one attached hydrogen (secondary N) is 2. The van der Waals surface area contributed by atoms with Crippen molar-refractivity contribution >= 4 is 17.8 Å². The smallest absolute Gasteiger partial charge is 0.276 e. The van der Waals surface area contributed by atoms with Gasteiger partial charge in [-0.1, -0.05) is 26.7 Å². The second-order valence-electron chi connectivity index (χ2n) is 8.44. The third kappa shape index (κ3) is 2.44. The molecule has 0 aromatic carbocycles. The van der Waals surface area contributed by atoms with E-state index in [1.807, 2.05) is 7.05 Å². The summed E-state index contributed by atoms with van der Waals surface area (Å²) in [5.74, 6) is 0.0611. The Morgan fingerprint density at radius 3 is 2.69 bits per heavy atom. The molecule has 0 aromatic rings. The number of rotatable bonds is 0. The van der Waals surface area contributed by atoms with Crippen LogP contribution in [0.25, 0.3) is 0 Å². The molecule has 3 heterocycles. The van der Waals surface area contributed by atoms with Crippen molar-refractivity contribution in [2.75, 3.05) is 13.6 Å². The minimum Gasteiger partial charge on any atom is -0.369 e. The highest BCUT2D eigenvalue weighted by molar-refractivity contribution is 6.12. The number of hydrogen-bond donors (Lipinski definition) is 3. The van der Waals surface area contributed by atoms with Crippen molar-refractivity contribution < 1.29 is 9.59 Å². The van der Waals surface area contributed by atoms with Crippen molar-refractivity contribution in [2.24, 2.45) is 22.1 Å². The van der Waals surface area contributed by atoms with Crippen LogP contribution in [0.2, 0.25) is 0 Å². The van der Waals surface area contributed by atoms with Gasteiger partial charge in [0, 0.05) is 25.6 Å². The number of nitrogens with two attached hydrogens (primary N) is 1. The Labute approximate surface area is 153 Å². The average Bonchev–Trinajstić information content (AvgIpc) is 2.90. The highest BCUT2D eigenvalue weighted by Gasteiger charge is 2.50. The van der Waals surface area contributed by atoms with Gasteiger partial charge in [0.2, 0.25) is 5.96 Å². The Bertz CT molecular complexity index is 777. The number of guanidine groups is 1. The molecule has 4 rings (SSSR count). The van der Waals surface area contributed by atoms with Gasteiger partial charge in [0.05, 0.1) is 0 Å². The molecule has 1 fully saturated rings. The van der Waals surface area contributed by atoms with Gasteiger partial charge < -0.3 is 16.0 Å². The maximum Gasteiger partial charge on any atom is 0.276 e. The van der Waals surface area contributed by atoms with Gasteiger partial charge in [-0.05, 0) is 35.8 Å². The Balaban J connectivity index is 1.92. The Hall–Kier alpha value is -2.31. The van der Waals surface area contributed by atoms with Gasteiger partial charge >= 0.3 is 0 Å². The summed E-state index contributed by atoms with van der Waals surface area (Å²) in [4.78, 5) is 31.7. The monoisotopic (exact) mass is 357 g/mol. The Morgan fingerprint density at radius 2 is 2.00 bits per heavy atom. The van der Waals surface area contributed by atoms with Crippen molar-refractivity contribution in [1.29, 1.82) is 0 Å². The summed E-state index contributed by atoms with van der Waals surface area (Å²) < 4.78 is 0. The molecule has 1 saturated carbocycles. The van der Waals surface area contributed by atoms with Crippen LogP contribution in [0.4, 0.5) is 0 Å². The average molecular weight is 357 g/mol. The molecule has 2 amide bonds. The molecular weight excluding hydrogens is 330 g/mol. The second kappa shape index (κ2) is 5.86. The Morgan fingerprint density at radius 1 is 1.23 bits per heavy atom. The van der Waals surface area contributed by atoms with Crippen molar-refractivity contribution in [3.63, 3.8) is 0 Å². The number of amides is 2. The van der Waals surface area contributed by atoms with Crippen LogP contribution in [0, 0.1) is 11.3 Å². The molecule has 2 unspecified atom stereocenters. The van der Waals surface area contributed by atoms with Crippen LogP contribution in [0.1, 0.15) is 46.0 Å². The largest absolute Gasteiger partial charge is 0.369 e. The fourth-order valence-corrected chi connectivity index (χ4v) is 5.39. The molecule has 3 aliphatic heterocycles. The number of hydrogen-bond acceptors (Lipinski definition) is 5. The molecule has 1 aliphatic carbocycles. The SMILES string of the molecule is CN1C2=C(/C(=C3\N=C(N)NC3=O)CCNC2=O)C2CCCCC(C)(C)C21. The van der Waals surface area contributed by atoms with Crippen LogP contribution in [-0.2, 0) is 9.59 Å². The van der Waals surface area contributed by atoms with E-state index < -0.39 is 0 Å². The van der Waals surface area contributed by atoms with Crippen LogP contribution in [0.3, 0.4) is 0 Å². The first-order valence-corrected chi connectivity index (χ1v) is 9.45. The topological polar surface area (TPSA) is 99.8 Å². The van der Waals surface area contributed by atoms with E-state index in [-0.39, 0.29) is 35.1 Å². The molecule has 0 aromatic heterocycles. The van der Waals surface area contributed by atoms with E-state index in [9.17, 15) is 9.59 Å². The number of likely N-dealkylation sites (N-methyl/N-ethyl adjacent to an activating group) is 1. The predicted octanol–water partition coefficient (Wildman–Crippen LogP) is 0.989. The maximum absolute atomic E-state index is 12.9. The zero-order valence-electron chi connectivity index (χ0n) is 15.7. The van der Waals surface area contributed by atoms with Crippen LogP contribution >= 0.6 is 0 Å². The molecule has 7 nitrogen and oxygen atoms in total. The number of aliphatic imine (C=N–C) groups is 1. The fraction of sp³-hybridized carbons (Fsp3) is 0.632. The lowest BCUT2D eigenvalue weighted by atomic mass is 9.73. The lowest BCUT2D eigenvalue weighted by Gasteiger charge is -2.40. The van der Waals surface area contributed by atoms with Gasteiger partial charge in [-0.3, -0.25) is 14.9 Å². The summed E-state index contributed by atoms with van der Waals surface area (Å²) in [5.41, 5.74) is 8.81. The summed E-state index contributed by atoms with van der Waals surface area (Å²) in [6.45, 7) is 5.09. The molecule has 0 bridgehead atoms. The summed E-state index contributed by atoms with van der Waals surface area (Å²) in [7, 11) is 2.02. The summed E-state index contributed by atoms with van der Waals surface area (Å²) in [6.07, 6.45) is 5.10. The number of fused-ring (bicyclic) bond motifs is 2. The fourth-order valence-electron chi connectivity index (χ4n) is 5.39. The van der Waals surface area contributed by atoms with E-state index in [0.29, 0.717) is 24.4 Å². The predicted molar refractivity (Wildman–Crippen MR) is 98.7 cm³/mol. The van der Waals surface area contributed by atoms with E-state index in [1.165, 1.54) is 6.42 Å². The molecule has 140 valence electrons. The molecular formula is C19H27N5O2. The van der Waals surface area contributed by atoms with Gasteiger partial charge in [-0.15, -0.1) is 0 Å². The van der Waals surface area contributed by atoms with Crippen LogP contribution in [-0.4, -0.2) is 42.3 Å². The standard InChI is InChI=1S/C19H27N5O2/c1-19(2)8-5-4-6-11-12-10(13-16(25)23-18(20)22-13)7-9-21-17(26)14(12)24(3)15(11)19/h11,15H,4-9H2,1-3H3,(H,21,26)(H3,20,22,23,25)/b13-10-. The van der Waals surface area contributed by atoms with Gasteiger partial charge in [0.15, 0.2) is 0 Å². The van der Waals surface area contributed by atoms with Crippen molar-refractivity contribution in [3.05, 3.63) is 22.5 Å². The van der Waals surface area contributed by atoms with Crippen molar-refractivity contribution in [1.82, 2.24) is 15.5 Å².